The fourth-order valence-corrected chi connectivity index (χ4v) is 2.44. The van der Waals surface area contributed by atoms with E-state index in [1.165, 1.54) is 0 Å². The average Bonchev–Trinajstić information content (AvgIpc) is 2.86. The molecule has 102 valence electrons. The molecule has 19 heavy (non-hydrogen) atoms. The number of nitrogens with one attached hydrogen (secondary N) is 1. The van der Waals surface area contributed by atoms with Crippen molar-refractivity contribution in [3.63, 3.8) is 0 Å². The summed E-state index contributed by atoms with van der Waals surface area (Å²) in [5.74, 6) is 0. The number of benzene rings is 1. The van der Waals surface area contributed by atoms with Gasteiger partial charge in [-0.3, -0.25) is 0 Å². The van der Waals surface area contributed by atoms with Crippen LogP contribution in [0.4, 0.5) is 4.79 Å². The average molecular weight is 281 g/mol. The van der Waals surface area contributed by atoms with E-state index >= 15 is 0 Å². The van der Waals surface area contributed by atoms with E-state index in [-0.39, 0.29) is 12.6 Å². The van der Waals surface area contributed by atoms with E-state index in [1.54, 1.807) is 12.2 Å². The minimum atomic E-state index is -1.89. The Labute approximate surface area is 113 Å². The third-order valence-electron chi connectivity index (χ3n) is 2.82. The highest BCUT2D eigenvalue weighted by Gasteiger charge is 2.24. The maximum absolute atomic E-state index is 11.5. The fourth-order valence-electron chi connectivity index (χ4n) is 1.84. The third kappa shape index (κ3) is 4.18. The van der Waals surface area contributed by atoms with Crippen molar-refractivity contribution in [3.05, 3.63) is 48.0 Å². The lowest BCUT2D eigenvalue weighted by atomic mass is 10.2. The molecule has 0 fully saturated rings. The molecular weight excluding hydrogens is 266 g/mol. The zero-order chi connectivity index (χ0) is 13.7. The number of hydrogen-bond donors (Lipinski definition) is 2. The molecule has 1 aliphatic carbocycles. The van der Waals surface area contributed by atoms with Crippen molar-refractivity contribution in [2.24, 2.45) is 0 Å². The first-order valence-electron chi connectivity index (χ1n) is 5.90. The van der Waals surface area contributed by atoms with Crippen LogP contribution in [0.3, 0.4) is 0 Å². The number of rotatable bonds is 4. The molecule has 1 unspecified atom stereocenters. The molecule has 0 radical (unpaired) electrons. The van der Waals surface area contributed by atoms with Crippen molar-refractivity contribution in [1.82, 2.24) is 5.32 Å². The van der Waals surface area contributed by atoms with Gasteiger partial charge in [0.1, 0.15) is 6.61 Å². The van der Waals surface area contributed by atoms with E-state index in [4.69, 9.17) is 9.29 Å². The Balaban J connectivity index is 1.74. The van der Waals surface area contributed by atoms with Gasteiger partial charge in [-0.1, -0.05) is 42.5 Å². The van der Waals surface area contributed by atoms with Gasteiger partial charge < -0.3 is 14.6 Å². The second kappa shape index (κ2) is 6.49. The van der Waals surface area contributed by atoms with Gasteiger partial charge in [0.25, 0.3) is 0 Å². The molecule has 6 heteroatoms. The minimum Gasteiger partial charge on any atom is -0.445 e. The van der Waals surface area contributed by atoms with Crippen LogP contribution in [0.2, 0.25) is 0 Å². The van der Waals surface area contributed by atoms with Crippen LogP contribution < -0.4 is 5.32 Å². The van der Waals surface area contributed by atoms with Crippen molar-refractivity contribution >= 4 is 17.2 Å². The van der Waals surface area contributed by atoms with Crippen LogP contribution in [0.25, 0.3) is 0 Å². The number of alkyl carbamates (subject to hydrolysis) is 1. The summed E-state index contributed by atoms with van der Waals surface area (Å²) in [5.41, 5.74) is 0.911. The first kappa shape index (κ1) is 13.8. The zero-order valence-electron chi connectivity index (χ0n) is 10.2. The Morgan fingerprint density at radius 3 is 2.74 bits per heavy atom. The van der Waals surface area contributed by atoms with Crippen LogP contribution in [0.1, 0.15) is 12.0 Å². The molecule has 1 aromatic rings. The second-order valence-corrected chi connectivity index (χ2v) is 5.41. The zero-order valence-corrected chi connectivity index (χ0v) is 11.0. The molecule has 1 aliphatic rings. The third-order valence-corrected chi connectivity index (χ3v) is 3.69. The lowest BCUT2D eigenvalue weighted by Crippen LogP contribution is -2.34. The molecule has 0 saturated carbocycles. The molecule has 3 atom stereocenters. The molecule has 0 aliphatic heterocycles. The van der Waals surface area contributed by atoms with Crippen molar-refractivity contribution in [2.75, 3.05) is 0 Å². The van der Waals surface area contributed by atoms with Crippen LogP contribution in [-0.2, 0) is 22.4 Å². The Kier molecular flexibility index (Phi) is 4.70. The predicted molar refractivity (Wildman–Crippen MR) is 71.9 cm³/mol. The van der Waals surface area contributed by atoms with E-state index in [0.29, 0.717) is 6.42 Å². The summed E-state index contributed by atoms with van der Waals surface area (Å²) in [6.07, 6.45) is 3.24. The highest BCUT2D eigenvalue weighted by Crippen LogP contribution is 2.15. The molecule has 1 amide bonds. The summed E-state index contributed by atoms with van der Waals surface area (Å²) in [6.45, 7) is 0.207. The van der Waals surface area contributed by atoms with Crippen LogP contribution in [-0.4, -0.2) is 26.1 Å². The maximum Gasteiger partial charge on any atom is 0.407 e. The molecule has 0 bridgehead atoms. The highest BCUT2D eigenvalue weighted by atomic mass is 32.2. The highest BCUT2D eigenvalue weighted by molar-refractivity contribution is 7.80. The summed E-state index contributed by atoms with van der Waals surface area (Å²) in [4.78, 5) is 11.5. The van der Waals surface area contributed by atoms with Crippen LogP contribution >= 0.6 is 0 Å². The lowest BCUT2D eigenvalue weighted by Gasteiger charge is -2.12. The first-order chi connectivity index (χ1) is 9.15. The molecule has 5 nitrogen and oxygen atoms in total. The summed E-state index contributed by atoms with van der Waals surface area (Å²) < 4.78 is 24.9. The quantitative estimate of drug-likeness (QED) is 0.652. The molecular formula is C13H15NO4S. The summed E-state index contributed by atoms with van der Waals surface area (Å²) in [7, 11) is 0. The van der Waals surface area contributed by atoms with Gasteiger partial charge in [-0.15, -0.1) is 0 Å². The molecule has 0 aromatic heterocycles. The molecule has 0 spiro atoms. The topological polar surface area (TPSA) is 75.6 Å². The second-order valence-electron chi connectivity index (χ2n) is 4.25. The monoisotopic (exact) mass is 281 g/mol. The molecule has 2 rings (SSSR count). The Morgan fingerprint density at radius 1 is 1.37 bits per heavy atom. The van der Waals surface area contributed by atoms with Crippen molar-refractivity contribution in [3.8, 4) is 0 Å². The van der Waals surface area contributed by atoms with Crippen molar-refractivity contribution < 1.29 is 18.3 Å². The van der Waals surface area contributed by atoms with Gasteiger partial charge in [-0.2, -0.15) is 0 Å². The van der Waals surface area contributed by atoms with Crippen molar-refractivity contribution in [2.45, 2.75) is 24.3 Å². The number of carbonyl (C=O) groups excluding carboxylic acids is 1. The van der Waals surface area contributed by atoms with Crippen LogP contribution in [0.15, 0.2) is 42.5 Å². The van der Waals surface area contributed by atoms with E-state index in [1.807, 2.05) is 30.3 Å². The van der Waals surface area contributed by atoms with Gasteiger partial charge in [0, 0.05) is 0 Å². The van der Waals surface area contributed by atoms with Gasteiger partial charge in [-0.05, 0) is 12.0 Å². The Hall–Kier alpha value is -1.66. The van der Waals surface area contributed by atoms with Crippen LogP contribution in [0.5, 0.6) is 0 Å². The molecule has 0 saturated heterocycles. The SMILES string of the molecule is O=C(N[C@H]1C=C[C@@H](S(=O)O)C1)OCc1ccccc1. The summed E-state index contributed by atoms with van der Waals surface area (Å²) in [5, 5.41) is 2.22. The van der Waals surface area contributed by atoms with E-state index < -0.39 is 22.4 Å². The normalized spacial score (nSPS) is 23.0. The number of amides is 1. The molecule has 0 heterocycles. The maximum atomic E-state index is 11.5. The van der Waals surface area contributed by atoms with Gasteiger partial charge in [0.2, 0.25) is 0 Å². The van der Waals surface area contributed by atoms with Crippen molar-refractivity contribution in [1.29, 1.82) is 0 Å². The first-order valence-corrected chi connectivity index (χ1v) is 7.07. The fraction of sp³-hybridized carbons (Fsp3) is 0.308. The molecule has 2 N–H and O–H groups in total. The minimum absolute atomic E-state index is 0.207. The number of carbonyl (C=O) groups is 1. The largest absolute Gasteiger partial charge is 0.445 e. The van der Waals surface area contributed by atoms with E-state index in [0.717, 1.165) is 5.56 Å². The Morgan fingerprint density at radius 2 is 2.11 bits per heavy atom. The van der Waals surface area contributed by atoms with Gasteiger partial charge >= 0.3 is 6.09 Å². The van der Waals surface area contributed by atoms with Gasteiger partial charge in [0.05, 0.1) is 11.3 Å². The smallest absolute Gasteiger partial charge is 0.407 e. The summed E-state index contributed by atoms with van der Waals surface area (Å²) >= 11 is -1.89. The van der Waals surface area contributed by atoms with E-state index in [2.05, 4.69) is 5.32 Å². The molecule has 1 aromatic carbocycles. The number of hydrogen-bond acceptors (Lipinski definition) is 3. The predicted octanol–water partition coefficient (Wildman–Crippen LogP) is 1.83. The van der Waals surface area contributed by atoms with E-state index in [9.17, 15) is 9.00 Å². The lowest BCUT2D eigenvalue weighted by molar-refractivity contribution is 0.137. The Bertz CT molecular complexity index is 489. The standard InChI is InChI=1S/C13H15NO4S/c15-13(18-9-10-4-2-1-3-5-10)14-11-6-7-12(8-11)19(16)17/h1-7,11-12H,8-9H2,(H,14,15)(H,16,17)/t11-,12+/m0/s1. The summed E-state index contributed by atoms with van der Waals surface area (Å²) in [6, 6.07) is 9.13. The number of ether oxygens (including phenoxy) is 1. The van der Waals surface area contributed by atoms with Gasteiger partial charge in [0.15, 0.2) is 11.1 Å². The van der Waals surface area contributed by atoms with Crippen LogP contribution in [0, 0.1) is 0 Å². The van der Waals surface area contributed by atoms with Gasteiger partial charge in [-0.25, -0.2) is 9.00 Å².